The van der Waals surface area contributed by atoms with Crippen LogP contribution in [-0.4, -0.2) is 35.2 Å². The molecule has 128 valence electrons. The molecular weight excluding hydrogens is 306 g/mol. The molecule has 2 aromatic rings. The minimum atomic E-state index is -0.857. The van der Waals surface area contributed by atoms with Crippen molar-refractivity contribution in [3.05, 3.63) is 60.1 Å². The van der Waals surface area contributed by atoms with Gasteiger partial charge in [0.1, 0.15) is 18.0 Å². The Labute approximate surface area is 141 Å². The first-order chi connectivity index (χ1) is 11.6. The fourth-order valence-corrected chi connectivity index (χ4v) is 3.01. The maximum atomic E-state index is 12.9. The highest BCUT2D eigenvalue weighted by atomic mass is 16.5. The molecule has 5 nitrogen and oxygen atoms in total. The summed E-state index contributed by atoms with van der Waals surface area (Å²) in [5, 5.41) is 10.4. The molecule has 3 atom stereocenters. The third-order valence-corrected chi connectivity index (χ3v) is 4.42. The number of benzene rings is 1. The molecule has 1 aliphatic rings. The van der Waals surface area contributed by atoms with Crippen molar-refractivity contribution in [3.8, 4) is 0 Å². The number of hydrogen-bond acceptors (Lipinski definition) is 4. The molecule has 1 aromatic heterocycles. The first kappa shape index (κ1) is 16.7. The van der Waals surface area contributed by atoms with Crippen LogP contribution in [-0.2, 0) is 16.1 Å². The van der Waals surface area contributed by atoms with E-state index in [0.29, 0.717) is 18.9 Å². The van der Waals surface area contributed by atoms with Gasteiger partial charge in [0.2, 0.25) is 0 Å². The van der Waals surface area contributed by atoms with Gasteiger partial charge in [-0.1, -0.05) is 37.3 Å². The van der Waals surface area contributed by atoms with E-state index < -0.39 is 12.2 Å². The van der Waals surface area contributed by atoms with Crippen molar-refractivity contribution in [1.82, 2.24) is 4.90 Å². The highest BCUT2D eigenvalue weighted by Gasteiger charge is 2.35. The van der Waals surface area contributed by atoms with E-state index in [1.807, 2.05) is 37.3 Å². The van der Waals surface area contributed by atoms with Gasteiger partial charge in [0, 0.05) is 13.2 Å². The molecule has 3 unspecified atom stereocenters. The van der Waals surface area contributed by atoms with Gasteiger partial charge >= 0.3 is 0 Å². The van der Waals surface area contributed by atoms with Crippen molar-refractivity contribution in [2.24, 2.45) is 5.92 Å². The van der Waals surface area contributed by atoms with E-state index >= 15 is 0 Å². The number of rotatable bonds is 6. The number of nitrogens with zero attached hydrogens (tertiary/aromatic N) is 1. The molecule has 2 heterocycles. The Balaban J connectivity index is 1.76. The summed E-state index contributed by atoms with van der Waals surface area (Å²) in [7, 11) is 0. The van der Waals surface area contributed by atoms with Crippen LogP contribution in [0.5, 0.6) is 0 Å². The highest BCUT2D eigenvalue weighted by Crippen LogP contribution is 2.24. The second-order valence-electron chi connectivity index (χ2n) is 6.29. The van der Waals surface area contributed by atoms with Crippen LogP contribution in [0.15, 0.2) is 53.1 Å². The zero-order valence-electron chi connectivity index (χ0n) is 13.8. The van der Waals surface area contributed by atoms with E-state index in [-0.39, 0.29) is 18.4 Å². The van der Waals surface area contributed by atoms with Crippen LogP contribution in [0.3, 0.4) is 0 Å². The fourth-order valence-electron chi connectivity index (χ4n) is 3.01. The van der Waals surface area contributed by atoms with Crippen molar-refractivity contribution in [3.63, 3.8) is 0 Å². The van der Waals surface area contributed by atoms with Gasteiger partial charge in [0.25, 0.3) is 5.91 Å². The Morgan fingerprint density at radius 2 is 2.08 bits per heavy atom. The maximum absolute atomic E-state index is 12.9. The predicted octanol–water partition coefficient (Wildman–Crippen LogP) is 2.77. The third kappa shape index (κ3) is 3.86. The van der Waals surface area contributed by atoms with Crippen LogP contribution in [0.2, 0.25) is 0 Å². The lowest BCUT2D eigenvalue weighted by atomic mass is 10.0. The Bertz CT molecular complexity index is 641. The van der Waals surface area contributed by atoms with Crippen LogP contribution in [0.25, 0.3) is 0 Å². The van der Waals surface area contributed by atoms with Crippen molar-refractivity contribution in [1.29, 1.82) is 0 Å². The number of carbonyl (C=O) groups is 1. The fraction of sp³-hybridized carbons (Fsp3) is 0.421. The predicted molar refractivity (Wildman–Crippen MR) is 89.0 cm³/mol. The van der Waals surface area contributed by atoms with Gasteiger partial charge in [-0.25, -0.2) is 0 Å². The van der Waals surface area contributed by atoms with E-state index in [2.05, 4.69) is 0 Å². The third-order valence-electron chi connectivity index (χ3n) is 4.42. The van der Waals surface area contributed by atoms with Crippen molar-refractivity contribution in [2.45, 2.75) is 32.1 Å². The zero-order chi connectivity index (χ0) is 16.9. The van der Waals surface area contributed by atoms with Crippen molar-refractivity contribution in [2.75, 3.05) is 13.2 Å². The normalized spacial score (nSPS) is 21.6. The van der Waals surface area contributed by atoms with Crippen LogP contribution in [0.1, 0.15) is 30.8 Å². The molecule has 1 fully saturated rings. The standard InChI is InChI=1S/C19H23NO4/c1-14-9-11-24-18(14)19(22)20(12-15-6-3-2-4-7-15)13-16(21)17-8-5-10-23-17/h2-8,10,14,16,18,21H,9,11-13H2,1H3. The SMILES string of the molecule is CC1CCOC1C(=O)N(Cc1ccccc1)CC(O)c1ccco1. The summed E-state index contributed by atoms with van der Waals surface area (Å²) in [6.07, 6.45) is 1.11. The number of hydrogen-bond donors (Lipinski definition) is 1. The van der Waals surface area contributed by atoms with E-state index in [9.17, 15) is 9.90 Å². The number of amides is 1. The van der Waals surface area contributed by atoms with Gasteiger partial charge in [-0.05, 0) is 30.0 Å². The Morgan fingerprint density at radius 3 is 2.71 bits per heavy atom. The van der Waals surface area contributed by atoms with Crippen LogP contribution in [0.4, 0.5) is 0 Å². The molecule has 1 saturated heterocycles. The van der Waals surface area contributed by atoms with Gasteiger partial charge in [-0.3, -0.25) is 4.79 Å². The molecular formula is C19H23NO4. The monoisotopic (exact) mass is 329 g/mol. The molecule has 0 saturated carbocycles. The molecule has 24 heavy (non-hydrogen) atoms. The minimum absolute atomic E-state index is 0.0746. The largest absolute Gasteiger partial charge is 0.467 e. The van der Waals surface area contributed by atoms with Crippen LogP contribution >= 0.6 is 0 Å². The van der Waals surface area contributed by atoms with Crippen LogP contribution in [0, 0.1) is 5.92 Å². The number of ether oxygens (including phenoxy) is 1. The average Bonchev–Trinajstić information content (AvgIpc) is 3.26. The Hall–Kier alpha value is -2.11. The molecule has 0 aliphatic carbocycles. The van der Waals surface area contributed by atoms with Gasteiger partial charge < -0.3 is 19.2 Å². The summed E-state index contributed by atoms with van der Waals surface area (Å²) in [4.78, 5) is 14.6. The maximum Gasteiger partial charge on any atom is 0.252 e. The van der Waals surface area contributed by atoms with E-state index in [1.165, 1.54) is 6.26 Å². The molecule has 3 rings (SSSR count). The van der Waals surface area contributed by atoms with E-state index in [1.54, 1.807) is 17.0 Å². The topological polar surface area (TPSA) is 62.9 Å². The van der Waals surface area contributed by atoms with E-state index in [0.717, 1.165) is 12.0 Å². The van der Waals surface area contributed by atoms with Gasteiger partial charge in [-0.15, -0.1) is 0 Å². The lowest BCUT2D eigenvalue weighted by Crippen LogP contribution is -2.42. The van der Waals surface area contributed by atoms with Gasteiger partial charge in [-0.2, -0.15) is 0 Å². The van der Waals surface area contributed by atoms with Crippen molar-refractivity contribution >= 4 is 5.91 Å². The summed E-state index contributed by atoms with van der Waals surface area (Å²) in [6.45, 7) is 3.24. The average molecular weight is 329 g/mol. The molecule has 0 radical (unpaired) electrons. The lowest BCUT2D eigenvalue weighted by molar-refractivity contribution is -0.144. The summed E-state index contributed by atoms with van der Waals surface area (Å²) in [5.41, 5.74) is 1.02. The summed E-state index contributed by atoms with van der Waals surface area (Å²) >= 11 is 0. The summed E-state index contributed by atoms with van der Waals surface area (Å²) in [6, 6.07) is 13.2. The number of furan rings is 1. The highest BCUT2D eigenvalue weighted by molar-refractivity contribution is 5.81. The molecule has 1 N–H and O–H groups in total. The Morgan fingerprint density at radius 1 is 1.29 bits per heavy atom. The summed E-state index contributed by atoms with van der Waals surface area (Å²) in [5.74, 6) is 0.576. The first-order valence-electron chi connectivity index (χ1n) is 8.31. The number of carbonyl (C=O) groups excluding carboxylic acids is 1. The zero-order valence-corrected chi connectivity index (χ0v) is 13.8. The lowest BCUT2D eigenvalue weighted by Gasteiger charge is -2.28. The molecule has 1 amide bonds. The quantitative estimate of drug-likeness (QED) is 0.885. The molecule has 5 heteroatoms. The second-order valence-corrected chi connectivity index (χ2v) is 6.29. The van der Waals surface area contributed by atoms with Crippen LogP contribution < -0.4 is 0 Å². The molecule has 0 bridgehead atoms. The number of aliphatic hydroxyl groups is 1. The molecule has 0 spiro atoms. The first-order valence-corrected chi connectivity index (χ1v) is 8.31. The van der Waals surface area contributed by atoms with E-state index in [4.69, 9.17) is 9.15 Å². The second kappa shape index (κ2) is 7.64. The molecule has 1 aliphatic heterocycles. The van der Waals surface area contributed by atoms with Crippen molar-refractivity contribution < 1.29 is 19.1 Å². The molecule has 1 aromatic carbocycles. The smallest absolute Gasteiger partial charge is 0.252 e. The van der Waals surface area contributed by atoms with Gasteiger partial charge in [0.15, 0.2) is 0 Å². The summed E-state index contributed by atoms with van der Waals surface area (Å²) < 4.78 is 10.9. The number of aliphatic hydroxyl groups excluding tert-OH is 1. The van der Waals surface area contributed by atoms with Gasteiger partial charge in [0.05, 0.1) is 12.8 Å². The minimum Gasteiger partial charge on any atom is -0.467 e. The Kier molecular flexibility index (Phi) is 5.33.